The van der Waals surface area contributed by atoms with Crippen LogP contribution in [0.2, 0.25) is 0 Å². The Morgan fingerprint density at radius 3 is 2.57 bits per heavy atom. The van der Waals surface area contributed by atoms with Crippen LogP contribution in [0, 0.1) is 0 Å². The zero-order valence-corrected chi connectivity index (χ0v) is 12.7. The first-order chi connectivity index (χ1) is 9.78. The van der Waals surface area contributed by atoms with E-state index in [1.807, 2.05) is 45.0 Å². The van der Waals surface area contributed by atoms with E-state index in [9.17, 15) is 9.59 Å². The summed E-state index contributed by atoms with van der Waals surface area (Å²) in [7, 11) is 0. The lowest BCUT2D eigenvalue weighted by atomic mass is 10.1. The predicted octanol–water partition coefficient (Wildman–Crippen LogP) is 2.63. The summed E-state index contributed by atoms with van der Waals surface area (Å²) in [4.78, 5) is 27.1. The Balaban J connectivity index is 2.09. The minimum Gasteiger partial charge on any atom is -0.449 e. The molecule has 0 spiro atoms. The van der Waals surface area contributed by atoms with Crippen LogP contribution >= 0.6 is 0 Å². The van der Waals surface area contributed by atoms with Crippen LogP contribution in [0.25, 0.3) is 10.9 Å². The Morgan fingerprint density at radius 2 is 1.90 bits per heavy atom. The second kappa shape index (κ2) is 5.60. The van der Waals surface area contributed by atoms with E-state index in [0.717, 1.165) is 10.9 Å². The zero-order chi connectivity index (χ0) is 15.6. The SMILES string of the molecule is C[C@H](OC(=O)c1c[nH]c2ccccc12)C(=O)NC(C)(C)C. The van der Waals surface area contributed by atoms with E-state index in [1.54, 1.807) is 13.1 Å². The Labute approximate surface area is 123 Å². The van der Waals surface area contributed by atoms with Crippen molar-refractivity contribution >= 4 is 22.8 Å². The van der Waals surface area contributed by atoms with E-state index in [1.165, 1.54) is 0 Å². The van der Waals surface area contributed by atoms with Gasteiger partial charge in [-0.1, -0.05) is 18.2 Å². The summed E-state index contributed by atoms with van der Waals surface area (Å²) in [6, 6.07) is 7.44. The predicted molar refractivity (Wildman–Crippen MR) is 81.1 cm³/mol. The van der Waals surface area contributed by atoms with Gasteiger partial charge in [-0.25, -0.2) is 4.79 Å². The van der Waals surface area contributed by atoms with E-state index in [2.05, 4.69) is 10.3 Å². The number of fused-ring (bicyclic) bond motifs is 1. The lowest BCUT2D eigenvalue weighted by Gasteiger charge is -2.23. The van der Waals surface area contributed by atoms with Gasteiger partial charge in [0, 0.05) is 22.6 Å². The molecule has 21 heavy (non-hydrogen) atoms. The number of benzene rings is 1. The fourth-order valence-corrected chi connectivity index (χ4v) is 1.99. The number of carbonyl (C=O) groups excluding carboxylic acids is 2. The topological polar surface area (TPSA) is 71.2 Å². The molecular formula is C16H20N2O3. The van der Waals surface area contributed by atoms with Gasteiger partial charge in [0.2, 0.25) is 0 Å². The van der Waals surface area contributed by atoms with Crippen molar-refractivity contribution < 1.29 is 14.3 Å². The molecule has 2 N–H and O–H groups in total. The van der Waals surface area contributed by atoms with Gasteiger partial charge in [-0.2, -0.15) is 0 Å². The molecule has 1 aromatic carbocycles. The molecule has 5 nitrogen and oxygen atoms in total. The summed E-state index contributed by atoms with van der Waals surface area (Å²) >= 11 is 0. The lowest BCUT2D eigenvalue weighted by Crippen LogP contribution is -2.46. The van der Waals surface area contributed by atoms with Crippen molar-refractivity contribution in [3.63, 3.8) is 0 Å². The van der Waals surface area contributed by atoms with Crippen molar-refractivity contribution in [3.8, 4) is 0 Å². The molecule has 2 rings (SSSR count). The molecule has 1 heterocycles. The number of rotatable bonds is 3. The number of hydrogen-bond acceptors (Lipinski definition) is 3. The Kier molecular flexibility index (Phi) is 4.02. The molecule has 0 saturated carbocycles. The Morgan fingerprint density at radius 1 is 1.24 bits per heavy atom. The fraction of sp³-hybridized carbons (Fsp3) is 0.375. The number of hydrogen-bond donors (Lipinski definition) is 2. The van der Waals surface area contributed by atoms with Crippen LogP contribution in [0.5, 0.6) is 0 Å². The number of aromatic nitrogens is 1. The van der Waals surface area contributed by atoms with Crippen molar-refractivity contribution in [1.29, 1.82) is 0 Å². The largest absolute Gasteiger partial charge is 0.449 e. The smallest absolute Gasteiger partial charge is 0.341 e. The maximum atomic E-state index is 12.2. The number of esters is 1. The highest BCUT2D eigenvalue weighted by molar-refractivity contribution is 6.04. The fourth-order valence-electron chi connectivity index (χ4n) is 1.99. The molecule has 5 heteroatoms. The van der Waals surface area contributed by atoms with Crippen LogP contribution in [0.15, 0.2) is 30.5 Å². The van der Waals surface area contributed by atoms with E-state index in [-0.39, 0.29) is 11.4 Å². The van der Waals surface area contributed by atoms with Gasteiger partial charge in [0.05, 0.1) is 5.56 Å². The van der Waals surface area contributed by atoms with Gasteiger partial charge < -0.3 is 15.0 Å². The molecule has 0 unspecified atom stereocenters. The molecule has 1 aromatic heterocycles. The molecule has 0 bridgehead atoms. The van der Waals surface area contributed by atoms with Crippen LogP contribution in [-0.4, -0.2) is 28.5 Å². The minimum absolute atomic E-state index is 0.310. The van der Waals surface area contributed by atoms with Crippen LogP contribution in [0.4, 0.5) is 0 Å². The highest BCUT2D eigenvalue weighted by atomic mass is 16.5. The van der Waals surface area contributed by atoms with Gasteiger partial charge in [-0.05, 0) is 33.8 Å². The first-order valence-electron chi connectivity index (χ1n) is 6.87. The summed E-state index contributed by atoms with van der Waals surface area (Å²) in [5.41, 5.74) is 0.927. The first-order valence-corrected chi connectivity index (χ1v) is 6.87. The molecule has 0 aliphatic rings. The summed E-state index contributed by atoms with van der Waals surface area (Å²) < 4.78 is 5.24. The van der Waals surface area contributed by atoms with E-state index in [4.69, 9.17) is 4.74 Å². The molecule has 1 atom stereocenters. The van der Waals surface area contributed by atoms with Crippen LogP contribution < -0.4 is 5.32 Å². The molecule has 2 aromatic rings. The summed E-state index contributed by atoms with van der Waals surface area (Å²) in [5, 5.41) is 3.57. The standard InChI is InChI=1S/C16H20N2O3/c1-10(14(19)18-16(2,3)4)21-15(20)12-9-17-13-8-6-5-7-11(12)13/h5-10,17H,1-4H3,(H,18,19)/t10-/m0/s1. The van der Waals surface area contributed by atoms with E-state index >= 15 is 0 Å². The van der Waals surface area contributed by atoms with Gasteiger partial charge >= 0.3 is 5.97 Å². The van der Waals surface area contributed by atoms with Gasteiger partial charge in [-0.3, -0.25) is 4.79 Å². The summed E-state index contributed by atoms with van der Waals surface area (Å²) in [6.07, 6.45) is 0.756. The number of nitrogens with one attached hydrogen (secondary N) is 2. The number of ether oxygens (including phenoxy) is 1. The maximum Gasteiger partial charge on any atom is 0.341 e. The molecule has 0 aliphatic heterocycles. The third-order valence-electron chi connectivity index (χ3n) is 2.96. The van der Waals surface area contributed by atoms with Crippen molar-refractivity contribution in [2.45, 2.75) is 39.3 Å². The first kappa shape index (κ1) is 15.1. The summed E-state index contributed by atoms with van der Waals surface area (Å²) in [6.45, 7) is 7.19. The van der Waals surface area contributed by atoms with Crippen LogP contribution in [-0.2, 0) is 9.53 Å². The van der Waals surface area contributed by atoms with E-state index in [0.29, 0.717) is 5.56 Å². The number of amides is 1. The molecule has 0 aliphatic carbocycles. The van der Waals surface area contributed by atoms with Crippen LogP contribution in [0.1, 0.15) is 38.1 Å². The third kappa shape index (κ3) is 3.62. The second-order valence-electron chi connectivity index (χ2n) is 6.03. The van der Waals surface area contributed by atoms with Crippen LogP contribution in [0.3, 0.4) is 0 Å². The monoisotopic (exact) mass is 288 g/mol. The average Bonchev–Trinajstić information content (AvgIpc) is 2.80. The lowest BCUT2D eigenvalue weighted by molar-refractivity contribution is -0.130. The molecule has 0 radical (unpaired) electrons. The number of para-hydroxylation sites is 1. The Hall–Kier alpha value is -2.30. The van der Waals surface area contributed by atoms with Crippen molar-refractivity contribution in [3.05, 3.63) is 36.0 Å². The molecule has 0 saturated heterocycles. The quantitative estimate of drug-likeness (QED) is 0.853. The molecule has 1 amide bonds. The van der Waals surface area contributed by atoms with Crippen molar-refractivity contribution in [2.24, 2.45) is 0 Å². The van der Waals surface area contributed by atoms with Gasteiger partial charge in [0.25, 0.3) is 5.91 Å². The van der Waals surface area contributed by atoms with Crippen molar-refractivity contribution in [2.75, 3.05) is 0 Å². The molecular weight excluding hydrogens is 268 g/mol. The maximum absolute atomic E-state index is 12.2. The summed E-state index contributed by atoms with van der Waals surface area (Å²) in [5.74, 6) is -0.820. The highest BCUT2D eigenvalue weighted by Gasteiger charge is 2.23. The molecule has 112 valence electrons. The number of carbonyl (C=O) groups is 2. The number of H-pyrrole nitrogens is 1. The van der Waals surface area contributed by atoms with Gasteiger partial charge in [-0.15, -0.1) is 0 Å². The second-order valence-corrected chi connectivity index (χ2v) is 6.03. The van der Waals surface area contributed by atoms with Gasteiger partial charge in [0.15, 0.2) is 6.10 Å². The minimum atomic E-state index is -0.842. The zero-order valence-electron chi connectivity index (χ0n) is 12.7. The Bertz CT molecular complexity index is 667. The third-order valence-corrected chi connectivity index (χ3v) is 2.96. The highest BCUT2D eigenvalue weighted by Crippen LogP contribution is 2.19. The normalized spacial score (nSPS) is 13.0. The van der Waals surface area contributed by atoms with Gasteiger partial charge in [0.1, 0.15) is 0 Å². The number of aromatic amines is 1. The van der Waals surface area contributed by atoms with Crippen molar-refractivity contribution in [1.82, 2.24) is 10.3 Å². The average molecular weight is 288 g/mol. The van der Waals surface area contributed by atoms with E-state index < -0.39 is 12.1 Å². The molecule has 0 fully saturated rings.